The predicted octanol–water partition coefficient (Wildman–Crippen LogP) is 1.89. The van der Waals surface area contributed by atoms with E-state index in [1.807, 2.05) is 0 Å². The summed E-state index contributed by atoms with van der Waals surface area (Å²) in [4.78, 5) is 0. The molecule has 0 fully saturated rings. The number of ether oxygens (including phenoxy) is 1. The minimum atomic E-state index is -0.714. The van der Waals surface area contributed by atoms with Gasteiger partial charge >= 0.3 is 0 Å². The number of anilines is 1. The summed E-state index contributed by atoms with van der Waals surface area (Å²) in [6.07, 6.45) is 0.515. The number of nitrogens with two attached hydrogens (primary N) is 1. The van der Waals surface area contributed by atoms with Crippen LogP contribution in [0.15, 0.2) is 24.3 Å². The molecule has 0 unspecified atom stereocenters. The fraction of sp³-hybridized carbons (Fsp3) is 0.182. The lowest BCUT2D eigenvalue weighted by Gasteiger charge is -2.05. The SMILES string of the molecule is Nc1cc(CCOc2ccc(F)cc2F)[nH]n1. The van der Waals surface area contributed by atoms with Crippen LogP contribution < -0.4 is 10.5 Å². The van der Waals surface area contributed by atoms with E-state index in [1.165, 1.54) is 6.07 Å². The van der Waals surface area contributed by atoms with Crippen molar-refractivity contribution >= 4 is 5.82 Å². The fourth-order valence-corrected chi connectivity index (χ4v) is 1.37. The number of rotatable bonds is 4. The Morgan fingerprint density at radius 2 is 2.12 bits per heavy atom. The molecule has 0 spiro atoms. The number of aromatic amines is 1. The van der Waals surface area contributed by atoms with E-state index in [4.69, 9.17) is 10.5 Å². The van der Waals surface area contributed by atoms with E-state index in [9.17, 15) is 8.78 Å². The Bertz CT molecular complexity index is 513. The lowest BCUT2D eigenvalue weighted by Crippen LogP contribution is -2.03. The van der Waals surface area contributed by atoms with Crippen LogP contribution in [0.4, 0.5) is 14.6 Å². The maximum Gasteiger partial charge on any atom is 0.167 e. The van der Waals surface area contributed by atoms with Gasteiger partial charge in [-0.1, -0.05) is 0 Å². The predicted molar refractivity (Wildman–Crippen MR) is 58.6 cm³/mol. The van der Waals surface area contributed by atoms with Crippen LogP contribution in [0.3, 0.4) is 0 Å². The van der Waals surface area contributed by atoms with Gasteiger partial charge in [-0.05, 0) is 12.1 Å². The summed E-state index contributed by atoms with van der Waals surface area (Å²) in [6, 6.07) is 4.85. The summed E-state index contributed by atoms with van der Waals surface area (Å²) in [7, 11) is 0. The quantitative estimate of drug-likeness (QED) is 0.856. The average molecular weight is 239 g/mol. The van der Waals surface area contributed by atoms with Crippen molar-refractivity contribution < 1.29 is 13.5 Å². The van der Waals surface area contributed by atoms with Gasteiger partial charge in [-0.25, -0.2) is 8.78 Å². The van der Waals surface area contributed by atoms with Crippen molar-refractivity contribution in [3.8, 4) is 5.75 Å². The molecule has 0 saturated heterocycles. The maximum absolute atomic E-state index is 13.2. The molecule has 6 heteroatoms. The second kappa shape index (κ2) is 4.82. The van der Waals surface area contributed by atoms with Crippen LogP contribution >= 0.6 is 0 Å². The molecular formula is C11H11F2N3O. The Labute approximate surface area is 96.4 Å². The van der Waals surface area contributed by atoms with Crippen LogP contribution in [0.5, 0.6) is 5.75 Å². The molecule has 1 heterocycles. The first-order chi connectivity index (χ1) is 8.15. The van der Waals surface area contributed by atoms with Crippen molar-refractivity contribution in [2.75, 3.05) is 12.3 Å². The van der Waals surface area contributed by atoms with Gasteiger partial charge in [0.15, 0.2) is 11.6 Å². The Morgan fingerprint density at radius 1 is 1.29 bits per heavy atom. The zero-order valence-electron chi connectivity index (χ0n) is 8.91. The summed E-state index contributed by atoms with van der Waals surface area (Å²) in [5.41, 5.74) is 6.21. The van der Waals surface area contributed by atoms with Crippen LogP contribution in [-0.4, -0.2) is 16.8 Å². The van der Waals surface area contributed by atoms with Crippen molar-refractivity contribution in [1.29, 1.82) is 0 Å². The maximum atomic E-state index is 13.2. The molecule has 2 rings (SSSR count). The second-order valence-corrected chi connectivity index (χ2v) is 3.49. The lowest BCUT2D eigenvalue weighted by atomic mass is 10.3. The molecule has 1 aromatic carbocycles. The van der Waals surface area contributed by atoms with Gasteiger partial charge in [0.05, 0.1) is 6.61 Å². The fourth-order valence-electron chi connectivity index (χ4n) is 1.37. The highest BCUT2D eigenvalue weighted by Gasteiger charge is 2.05. The summed E-state index contributed by atoms with van der Waals surface area (Å²) >= 11 is 0. The highest BCUT2D eigenvalue weighted by molar-refractivity contribution is 5.28. The van der Waals surface area contributed by atoms with Crippen molar-refractivity contribution in [2.45, 2.75) is 6.42 Å². The van der Waals surface area contributed by atoms with Gasteiger partial charge in [-0.15, -0.1) is 0 Å². The van der Waals surface area contributed by atoms with Gasteiger partial charge < -0.3 is 10.5 Å². The third kappa shape index (κ3) is 2.93. The van der Waals surface area contributed by atoms with Crippen LogP contribution in [0.25, 0.3) is 0 Å². The average Bonchev–Trinajstić information content (AvgIpc) is 2.68. The molecule has 0 saturated carbocycles. The van der Waals surface area contributed by atoms with E-state index >= 15 is 0 Å². The molecule has 17 heavy (non-hydrogen) atoms. The highest BCUT2D eigenvalue weighted by Crippen LogP contribution is 2.17. The third-order valence-electron chi connectivity index (χ3n) is 2.17. The molecule has 3 N–H and O–H groups in total. The third-order valence-corrected chi connectivity index (χ3v) is 2.17. The second-order valence-electron chi connectivity index (χ2n) is 3.49. The number of benzene rings is 1. The van der Waals surface area contributed by atoms with Crippen LogP contribution in [-0.2, 0) is 6.42 Å². The first kappa shape index (κ1) is 11.4. The molecule has 0 aliphatic heterocycles. The van der Waals surface area contributed by atoms with E-state index in [-0.39, 0.29) is 12.4 Å². The Balaban J connectivity index is 1.90. The molecule has 0 amide bonds. The Kier molecular flexibility index (Phi) is 3.22. The number of nitrogen functional groups attached to an aromatic ring is 1. The summed E-state index contributed by atoms with van der Waals surface area (Å²) in [6.45, 7) is 0.254. The van der Waals surface area contributed by atoms with Gasteiger partial charge in [0.1, 0.15) is 11.6 Å². The number of H-pyrrole nitrogens is 1. The number of hydrogen-bond donors (Lipinski definition) is 2. The molecule has 1 aromatic heterocycles. The monoisotopic (exact) mass is 239 g/mol. The van der Waals surface area contributed by atoms with E-state index < -0.39 is 11.6 Å². The molecule has 0 aliphatic carbocycles. The molecule has 90 valence electrons. The largest absolute Gasteiger partial charge is 0.490 e. The molecule has 0 atom stereocenters. The standard InChI is InChI=1S/C11H11F2N3O/c12-7-1-2-10(9(13)5-7)17-4-3-8-6-11(14)16-15-8/h1-2,5-6H,3-4H2,(H3,14,15,16). The molecular weight excluding hydrogens is 228 g/mol. The highest BCUT2D eigenvalue weighted by atomic mass is 19.1. The first-order valence-electron chi connectivity index (χ1n) is 5.03. The molecule has 4 nitrogen and oxygen atoms in total. The zero-order chi connectivity index (χ0) is 12.3. The molecule has 0 aliphatic rings. The number of halogens is 2. The molecule has 0 bridgehead atoms. The van der Waals surface area contributed by atoms with Crippen molar-refractivity contribution in [1.82, 2.24) is 10.2 Å². The topological polar surface area (TPSA) is 63.9 Å². The molecule has 2 aromatic rings. The zero-order valence-corrected chi connectivity index (χ0v) is 8.91. The van der Waals surface area contributed by atoms with Crippen LogP contribution in [0.1, 0.15) is 5.69 Å². The number of nitrogens with zero attached hydrogens (tertiary/aromatic N) is 1. The first-order valence-corrected chi connectivity index (χ1v) is 5.03. The van der Waals surface area contributed by atoms with E-state index in [1.54, 1.807) is 6.07 Å². The summed E-state index contributed by atoms with van der Waals surface area (Å²) < 4.78 is 31.0. The van der Waals surface area contributed by atoms with Gasteiger partial charge in [0.25, 0.3) is 0 Å². The van der Waals surface area contributed by atoms with Crippen molar-refractivity contribution in [3.63, 3.8) is 0 Å². The number of hydrogen-bond acceptors (Lipinski definition) is 3. The Hall–Kier alpha value is -2.11. The van der Waals surface area contributed by atoms with Gasteiger partial charge in [0.2, 0.25) is 0 Å². The molecule has 0 radical (unpaired) electrons. The van der Waals surface area contributed by atoms with Crippen molar-refractivity contribution in [2.24, 2.45) is 0 Å². The van der Waals surface area contributed by atoms with Crippen molar-refractivity contribution in [3.05, 3.63) is 41.6 Å². The van der Waals surface area contributed by atoms with Gasteiger partial charge in [-0.2, -0.15) is 5.10 Å². The number of aromatic nitrogens is 2. The minimum absolute atomic E-state index is 0.0267. The minimum Gasteiger partial charge on any atom is -0.490 e. The Morgan fingerprint density at radius 3 is 2.76 bits per heavy atom. The summed E-state index contributed by atoms with van der Waals surface area (Å²) in [5.74, 6) is -0.919. The lowest BCUT2D eigenvalue weighted by molar-refractivity contribution is 0.303. The van der Waals surface area contributed by atoms with Crippen LogP contribution in [0, 0.1) is 11.6 Å². The van der Waals surface area contributed by atoms with Gasteiger partial charge in [0, 0.05) is 24.2 Å². The van der Waals surface area contributed by atoms with E-state index in [2.05, 4.69) is 10.2 Å². The number of nitrogens with one attached hydrogen (secondary N) is 1. The van der Waals surface area contributed by atoms with Crippen LogP contribution in [0.2, 0.25) is 0 Å². The van der Waals surface area contributed by atoms with E-state index in [0.29, 0.717) is 12.2 Å². The smallest absolute Gasteiger partial charge is 0.167 e. The summed E-state index contributed by atoms with van der Waals surface area (Å²) in [5, 5.41) is 6.45. The van der Waals surface area contributed by atoms with E-state index in [0.717, 1.165) is 17.8 Å². The van der Waals surface area contributed by atoms with Gasteiger partial charge in [-0.3, -0.25) is 5.10 Å². The normalized spacial score (nSPS) is 10.5.